The van der Waals surface area contributed by atoms with E-state index >= 15 is 0 Å². The van der Waals surface area contributed by atoms with Gasteiger partial charge in [-0.25, -0.2) is 0 Å². The van der Waals surface area contributed by atoms with E-state index in [4.69, 9.17) is 5.11 Å². The smallest absolute Gasteiger partial charge is 0.151 e. The van der Waals surface area contributed by atoms with Gasteiger partial charge < -0.3 is 10.1 Å². The first-order valence-electron chi connectivity index (χ1n) is 3.98. The van der Waals surface area contributed by atoms with Crippen LogP contribution in [0.25, 0.3) is 10.9 Å². The second-order valence-electron chi connectivity index (χ2n) is 2.53. The molecule has 1 heterocycles. The first kappa shape index (κ1) is 10.9. The fourth-order valence-electron chi connectivity index (χ4n) is 1.20. The molecule has 14 heavy (non-hydrogen) atoms. The number of carbonyl (C=O) groups is 1. The Morgan fingerprint density at radius 2 is 2.07 bits per heavy atom. The number of aldehydes is 1. The summed E-state index contributed by atoms with van der Waals surface area (Å²) < 4.78 is 0.833. The zero-order valence-corrected chi connectivity index (χ0v) is 9.21. The first-order chi connectivity index (χ1) is 6.83. The Hall–Kier alpha value is -1.13. The van der Waals surface area contributed by atoms with Crippen LogP contribution < -0.4 is 0 Å². The molecule has 3 nitrogen and oxygen atoms in total. The summed E-state index contributed by atoms with van der Waals surface area (Å²) in [5.74, 6) is 0. The number of aliphatic hydroxyl groups excluding tert-OH is 1. The maximum atomic E-state index is 10.5. The molecule has 2 rings (SSSR count). The predicted octanol–water partition coefficient (Wildman–Crippen LogP) is 2.35. The van der Waals surface area contributed by atoms with Crippen molar-refractivity contribution in [2.75, 3.05) is 7.11 Å². The van der Waals surface area contributed by atoms with Crippen molar-refractivity contribution in [3.8, 4) is 0 Å². The number of halogens is 1. The maximum Gasteiger partial charge on any atom is 0.151 e. The Kier molecular flexibility index (Phi) is 3.85. The standard InChI is InChI=1S/C9H6BrNO.CH4O/c10-8-7(5-12)2-1-6-3-4-11-9(6)8;1-2/h1-5,11H;2H,1H3. The third-order valence-corrected chi connectivity index (χ3v) is 2.68. The molecule has 0 bridgehead atoms. The molecule has 0 aliphatic rings. The van der Waals surface area contributed by atoms with Gasteiger partial charge in [-0.1, -0.05) is 6.07 Å². The monoisotopic (exact) mass is 255 g/mol. The van der Waals surface area contributed by atoms with Crippen LogP contribution in [-0.4, -0.2) is 23.5 Å². The average molecular weight is 256 g/mol. The summed E-state index contributed by atoms with van der Waals surface area (Å²) in [6.45, 7) is 0. The lowest BCUT2D eigenvalue weighted by Gasteiger charge is -1.96. The van der Waals surface area contributed by atoms with E-state index < -0.39 is 0 Å². The van der Waals surface area contributed by atoms with Crippen LogP contribution in [0.5, 0.6) is 0 Å². The molecule has 0 aliphatic heterocycles. The number of H-pyrrole nitrogens is 1. The minimum absolute atomic E-state index is 0.671. The highest BCUT2D eigenvalue weighted by Gasteiger charge is 2.03. The number of nitrogens with one attached hydrogen (secondary N) is 1. The molecule has 0 spiro atoms. The minimum atomic E-state index is 0.671. The Morgan fingerprint density at radius 1 is 1.36 bits per heavy atom. The molecule has 0 atom stereocenters. The number of benzene rings is 1. The van der Waals surface area contributed by atoms with Gasteiger partial charge in [-0.3, -0.25) is 4.79 Å². The van der Waals surface area contributed by atoms with Crippen molar-refractivity contribution in [2.24, 2.45) is 0 Å². The van der Waals surface area contributed by atoms with Crippen molar-refractivity contribution < 1.29 is 9.90 Å². The summed E-state index contributed by atoms with van der Waals surface area (Å²) in [6, 6.07) is 5.68. The van der Waals surface area contributed by atoms with E-state index in [1.807, 2.05) is 18.3 Å². The van der Waals surface area contributed by atoms with Gasteiger partial charge in [0.25, 0.3) is 0 Å². The average Bonchev–Trinajstić information content (AvgIpc) is 2.70. The van der Waals surface area contributed by atoms with E-state index in [-0.39, 0.29) is 0 Å². The summed E-state index contributed by atoms with van der Waals surface area (Å²) in [5, 5.41) is 8.10. The molecule has 1 aromatic heterocycles. The van der Waals surface area contributed by atoms with Crippen molar-refractivity contribution in [3.63, 3.8) is 0 Å². The van der Waals surface area contributed by atoms with Crippen LogP contribution in [0.2, 0.25) is 0 Å². The number of hydrogen-bond donors (Lipinski definition) is 2. The van der Waals surface area contributed by atoms with E-state index in [2.05, 4.69) is 20.9 Å². The number of aliphatic hydroxyl groups is 1. The van der Waals surface area contributed by atoms with Crippen LogP contribution in [0.4, 0.5) is 0 Å². The Labute approximate surface area is 89.9 Å². The maximum absolute atomic E-state index is 10.5. The Bertz CT molecular complexity index is 437. The number of hydrogen-bond acceptors (Lipinski definition) is 2. The summed E-state index contributed by atoms with van der Waals surface area (Å²) in [5.41, 5.74) is 1.64. The highest BCUT2D eigenvalue weighted by atomic mass is 79.9. The summed E-state index contributed by atoms with van der Waals surface area (Å²) in [7, 11) is 1.00. The molecule has 74 valence electrons. The Balaban J connectivity index is 0.000000461. The molecule has 2 aromatic rings. The van der Waals surface area contributed by atoms with Crippen LogP contribution in [0.15, 0.2) is 28.9 Å². The number of fused-ring (bicyclic) bond motifs is 1. The highest BCUT2D eigenvalue weighted by molar-refractivity contribution is 9.10. The van der Waals surface area contributed by atoms with Gasteiger partial charge in [0.05, 0.1) is 9.99 Å². The van der Waals surface area contributed by atoms with Crippen LogP contribution in [0, 0.1) is 0 Å². The van der Waals surface area contributed by atoms with Crippen molar-refractivity contribution >= 4 is 33.1 Å². The summed E-state index contributed by atoms with van der Waals surface area (Å²) in [4.78, 5) is 13.6. The molecule has 2 N–H and O–H groups in total. The third-order valence-electron chi connectivity index (χ3n) is 1.82. The van der Waals surface area contributed by atoms with Crippen molar-refractivity contribution in [1.29, 1.82) is 0 Å². The normalized spacial score (nSPS) is 9.36. The second-order valence-corrected chi connectivity index (χ2v) is 3.32. The zero-order chi connectivity index (χ0) is 10.6. The van der Waals surface area contributed by atoms with Crippen molar-refractivity contribution in [2.45, 2.75) is 0 Å². The van der Waals surface area contributed by atoms with Crippen LogP contribution >= 0.6 is 15.9 Å². The number of carbonyl (C=O) groups excluding carboxylic acids is 1. The van der Waals surface area contributed by atoms with Gasteiger partial charge >= 0.3 is 0 Å². The van der Waals surface area contributed by atoms with Gasteiger partial charge in [0, 0.05) is 24.3 Å². The summed E-state index contributed by atoms with van der Waals surface area (Å²) >= 11 is 3.36. The van der Waals surface area contributed by atoms with E-state index in [1.165, 1.54) is 0 Å². The lowest BCUT2D eigenvalue weighted by atomic mass is 10.2. The van der Waals surface area contributed by atoms with Crippen LogP contribution in [0.1, 0.15) is 10.4 Å². The lowest BCUT2D eigenvalue weighted by Crippen LogP contribution is -1.82. The van der Waals surface area contributed by atoms with Crippen LogP contribution in [0.3, 0.4) is 0 Å². The van der Waals surface area contributed by atoms with E-state index in [9.17, 15) is 4.79 Å². The predicted molar refractivity (Wildman–Crippen MR) is 59.5 cm³/mol. The first-order valence-corrected chi connectivity index (χ1v) is 4.77. The van der Waals surface area contributed by atoms with Gasteiger partial charge in [0.1, 0.15) is 0 Å². The molecule has 1 aromatic carbocycles. The van der Waals surface area contributed by atoms with Crippen molar-refractivity contribution in [1.82, 2.24) is 4.98 Å². The minimum Gasteiger partial charge on any atom is -0.400 e. The molecule has 4 heteroatoms. The Morgan fingerprint density at radius 3 is 2.71 bits per heavy atom. The molecule has 0 saturated carbocycles. The van der Waals surface area contributed by atoms with Crippen LogP contribution in [-0.2, 0) is 0 Å². The van der Waals surface area contributed by atoms with E-state index in [1.54, 1.807) is 6.07 Å². The molecule has 0 saturated heterocycles. The highest BCUT2D eigenvalue weighted by Crippen LogP contribution is 2.25. The molecule has 0 radical (unpaired) electrons. The molecular formula is C10H10BrNO2. The van der Waals surface area contributed by atoms with Gasteiger partial charge in [-0.05, 0) is 28.1 Å². The molecule has 0 fully saturated rings. The SMILES string of the molecule is CO.O=Cc1ccc2cc[nH]c2c1Br. The van der Waals surface area contributed by atoms with Gasteiger partial charge in [0.15, 0.2) is 6.29 Å². The van der Waals surface area contributed by atoms with Gasteiger partial charge in [-0.2, -0.15) is 0 Å². The van der Waals surface area contributed by atoms with E-state index in [0.29, 0.717) is 5.56 Å². The molecule has 0 amide bonds. The molecule has 0 unspecified atom stereocenters. The van der Waals surface area contributed by atoms with Gasteiger partial charge in [0.2, 0.25) is 0 Å². The summed E-state index contributed by atoms with van der Waals surface area (Å²) in [6.07, 6.45) is 2.69. The van der Waals surface area contributed by atoms with Gasteiger partial charge in [-0.15, -0.1) is 0 Å². The topological polar surface area (TPSA) is 53.1 Å². The zero-order valence-electron chi connectivity index (χ0n) is 7.62. The fraction of sp³-hybridized carbons (Fsp3) is 0.100. The second kappa shape index (κ2) is 4.93. The lowest BCUT2D eigenvalue weighted by molar-refractivity contribution is 0.112. The van der Waals surface area contributed by atoms with E-state index in [0.717, 1.165) is 28.8 Å². The molecular weight excluding hydrogens is 246 g/mol. The molecule has 0 aliphatic carbocycles. The number of aromatic amines is 1. The largest absolute Gasteiger partial charge is 0.400 e. The quantitative estimate of drug-likeness (QED) is 0.769. The third kappa shape index (κ3) is 1.86. The van der Waals surface area contributed by atoms with Crippen molar-refractivity contribution in [3.05, 3.63) is 34.4 Å². The number of aromatic nitrogens is 1. The number of rotatable bonds is 1. The fourth-order valence-corrected chi connectivity index (χ4v) is 1.77.